The molecule has 0 unspecified atom stereocenters. The number of unbranched alkanes of at least 4 members (excludes halogenated alkanes) is 3. The topological polar surface area (TPSA) is 20.2 Å². The highest BCUT2D eigenvalue weighted by molar-refractivity contribution is 4.64. The molecule has 8 heavy (non-hydrogen) atoms. The van der Waals surface area contributed by atoms with Crippen LogP contribution in [0.15, 0.2) is 12.7 Å². The summed E-state index contributed by atoms with van der Waals surface area (Å²) in [7, 11) is 0. The Labute approximate surface area is 51.0 Å². The standard InChI is InChI=1S/C7H14O/c1-2-3-4-5-6-7-8/h2,8H,1,3-7H2. The van der Waals surface area contributed by atoms with Gasteiger partial charge in [-0.15, -0.1) is 6.58 Å². The molecule has 1 N–H and O–H groups in total. The Balaban J connectivity index is 2.62. The summed E-state index contributed by atoms with van der Waals surface area (Å²) < 4.78 is 0. The van der Waals surface area contributed by atoms with E-state index in [1.54, 1.807) is 0 Å². The molecule has 0 aromatic carbocycles. The van der Waals surface area contributed by atoms with Crippen molar-refractivity contribution in [3.63, 3.8) is 0 Å². The second-order valence-corrected chi connectivity index (χ2v) is 1.86. The largest absolute Gasteiger partial charge is 0.396 e. The van der Waals surface area contributed by atoms with Gasteiger partial charge in [-0.25, -0.2) is 0 Å². The molecule has 0 heterocycles. The van der Waals surface area contributed by atoms with E-state index in [0.717, 1.165) is 19.3 Å². The molecule has 0 aliphatic heterocycles. The molecule has 0 bridgehead atoms. The third kappa shape index (κ3) is 5.70. The van der Waals surface area contributed by atoms with E-state index in [9.17, 15) is 0 Å². The van der Waals surface area contributed by atoms with Gasteiger partial charge in [-0.1, -0.05) is 12.5 Å². The van der Waals surface area contributed by atoms with Gasteiger partial charge in [0.25, 0.3) is 0 Å². The Hall–Kier alpha value is -0.300. The van der Waals surface area contributed by atoms with Crippen LogP contribution in [0.1, 0.15) is 25.7 Å². The Bertz CT molecular complexity index is 50.3. The van der Waals surface area contributed by atoms with Crippen LogP contribution in [0.3, 0.4) is 0 Å². The molecule has 1 nitrogen and oxygen atoms in total. The number of hydrogen-bond acceptors (Lipinski definition) is 1. The molecular formula is C7H14O. The van der Waals surface area contributed by atoms with Crippen molar-refractivity contribution in [2.75, 3.05) is 6.61 Å². The lowest BCUT2D eigenvalue weighted by atomic mass is 10.2. The summed E-state index contributed by atoms with van der Waals surface area (Å²) in [6.07, 6.45) is 6.23. The third-order valence-corrected chi connectivity index (χ3v) is 1.07. The van der Waals surface area contributed by atoms with Crippen LogP contribution < -0.4 is 0 Å². The maximum atomic E-state index is 8.34. The van der Waals surface area contributed by atoms with Crippen LogP contribution in [0.2, 0.25) is 0 Å². The summed E-state index contributed by atoms with van der Waals surface area (Å²) in [5.74, 6) is 0. The molecule has 0 aromatic rings. The highest BCUT2D eigenvalue weighted by Crippen LogP contribution is 1.97. The number of rotatable bonds is 5. The fourth-order valence-electron chi connectivity index (χ4n) is 0.577. The fraction of sp³-hybridized carbons (Fsp3) is 0.714. The Kier molecular flexibility index (Phi) is 6.45. The molecule has 0 spiro atoms. The van der Waals surface area contributed by atoms with Gasteiger partial charge in [0.1, 0.15) is 0 Å². The fourth-order valence-corrected chi connectivity index (χ4v) is 0.577. The average Bonchev–Trinajstić information content (AvgIpc) is 1.81. The van der Waals surface area contributed by atoms with Crippen LogP contribution in [0.4, 0.5) is 0 Å². The zero-order valence-electron chi connectivity index (χ0n) is 5.27. The van der Waals surface area contributed by atoms with Gasteiger partial charge in [0.05, 0.1) is 0 Å². The second-order valence-electron chi connectivity index (χ2n) is 1.86. The first-order valence-electron chi connectivity index (χ1n) is 3.13. The van der Waals surface area contributed by atoms with Crippen LogP contribution in [0.5, 0.6) is 0 Å². The molecule has 0 aromatic heterocycles. The van der Waals surface area contributed by atoms with E-state index in [0.29, 0.717) is 6.61 Å². The van der Waals surface area contributed by atoms with Gasteiger partial charge in [-0.3, -0.25) is 0 Å². The lowest BCUT2D eigenvalue weighted by Gasteiger charge is -1.91. The molecule has 0 radical (unpaired) electrons. The molecule has 48 valence electrons. The molecule has 0 atom stereocenters. The third-order valence-electron chi connectivity index (χ3n) is 1.07. The van der Waals surface area contributed by atoms with Gasteiger partial charge in [0, 0.05) is 6.61 Å². The minimum absolute atomic E-state index is 0.330. The first-order valence-corrected chi connectivity index (χ1v) is 3.13. The predicted molar refractivity (Wildman–Crippen MR) is 35.8 cm³/mol. The van der Waals surface area contributed by atoms with Gasteiger partial charge >= 0.3 is 0 Å². The lowest BCUT2D eigenvalue weighted by Crippen LogP contribution is -1.80. The molecular weight excluding hydrogens is 100 g/mol. The van der Waals surface area contributed by atoms with E-state index < -0.39 is 0 Å². The average molecular weight is 114 g/mol. The molecule has 1 heteroatoms. The van der Waals surface area contributed by atoms with Gasteiger partial charge in [0.2, 0.25) is 0 Å². The lowest BCUT2D eigenvalue weighted by molar-refractivity contribution is 0.283. The van der Waals surface area contributed by atoms with Crippen molar-refractivity contribution in [1.29, 1.82) is 0 Å². The monoisotopic (exact) mass is 114 g/mol. The second kappa shape index (κ2) is 6.70. The summed E-state index contributed by atoms with van der Waals surface area (Å²) in [6, 6.07) is 0. The SMILES string of the molecule is C=CCCCCCO. The van der Waals surface area contributed by atoms with Crippen molar-refractivity contribution >= 4 is 0 Å². The Morgan fingerprint density at radius 2 is 2.00 bits per heavy atom. The summed E-state index contributed by atoms with van der Waals surface area (Å²) >= 11 is 0. The van der Waals surface area contributed by atoms with Gasteiger partial charge in [-0.2, -0.15) is 0 Å². The zero-order chi connectivity index (χ0) is 6.24. The van der Waals surface area contributed by atoms with E-state index in [2.05, 4.69) is 6.58 Å². The van der Waals surface area contributed by atoms with Crippen LogP contribution >= 0.6 is 0 Å². The summed E-state index contributed by atoms with van der Waals surface area (Å²) in [5, 5.41) is 8.34. The number of hydrogen-bond donors (Lipinski definition) is 1. The normalized spacial score (nSPS) is 9.12. The first kappa shape index (κ1) is 7.70. The minimum atomic E-state index is 0.330. The Morgan fingerprint density at radius 1 is 1.25 bits per heavy atom. The number of allylic oxidation sites excluding steroid dienone is 1. The van der Waals surface area contributed by atoms with Crippen molar-refractivity contribution in [2.24, 2.45) is 0 Å². The van der Waals surface area contributed by atoms with Crippen molar-refractivity contribution in [2.45, 2.75) is 25.7 Å². The number of aliphatic hydroxyl groups is 1. The molecule has 0 rings (SSSR count). The molecule has 0 fully saturated rings. The van der Waals surface area contributed by atoms with E-state index >= 15 is 0 Å². The summed E-state index contributed by atoms with van der Waals surface area (Å²) in [4.78, 5) is 0. The molecule has 0 saturated heterocycles. The molecule has 0 amide bonds. The van der Waals surface area contributed by atoms with Crippen LogP contribution in [0.25, 0.3) is 0 Å². The maximum absolute atomic E-state index is 8.34. The van der Waals surface area contributed by atoms with E-state index in [1.807, 2.05) is 6.08 Å². The predicted octanol–water partition coefficient (Wildman–Crippen LogP) is 1.73. The van der Waals surface area contributed by atoms with E-state index in [4.69, 9.17) is 5.11 Å². The number of aliphatic hydroxyl groups excluding tert-OH is 1. The van der Waals surface area contributed by atoms with Crippen molar-refractivity contribution < 1.29 is 5.11 Å². The quantitative estimate of drug-likeness (QED) is 0.426. The highest BCUT2D eigenvalue weighted by Gasteiger charge is 1.82. The first-order chi connectivity index (χ1) is 3.91. The van der Waals surface area contributed by atoms with Crippen molar-refractivity contribution in [3.05, 3.63) is 12.7 Å². The molecule has 0 saturated carbocycles. The van der Waals surface area contributed by atoms with Crippen LogP contribution in [0, 0.1) is 0 Å². The maximum Gasteiger partial charge on any atom is 0.0431 e. The smallest absolute Gasteiger partial charge is 0.0431 e. The van der Waals surface area contributed by atoms with Crippen molar-refractivity contribution in [1.82, 2.24) is 0 Å². The molecule has 0 aliphatic rings. The van der Waals surface area contributed by atoms with Crippen LogP contribution in [-0.2, 0) is 0 Å². The minimum Gasteiger partial charge on any atom is -0.396 e. The van der Waals surface area contributed by atoms with E-state index in [1.165, 1.54) is 6.42 Å². The van der Waals surface area contributed by atoms with Gasteiger partial charge in [-0.05, 0) is 19.3 Å². The highest BCUT2D eigenvalue weighted by atomic mass is 16.2. The molecule has 0 aliphatic carbocycles. The van der Waals surface area contributed by atoms with Gasteiger partial charge < -0.3 is 5.11 Å². The van der Waals surface area contributed by atoms with E-state index in [-0.39, 0.29) is 0 Å². The van der Waals surface area contributed by atoms with Crippen molar-refractivity contribution in [3.8, 4) is 0 Å². The Morgan fingerprint density at radius 3 is 2.50 bits per heavy atom. The summed E-state index contributed by atoms with van der Waals surface area (Å²) in [6.45, 7) is 3.93. The van der Waals surface area contributed by atoms with Gasteiger partial charge in [0.15, 0.2) is 0 Å². The summed E-state index contributed by atoms with van der Waals surface area (Å²) in [5.41, 5.74) is 0. The zero-order valence-corrected chi connectivity index (χ0v) is 5.27. The van der Waals surface area contributed by atoms with Crippen LogP contribution in [-0.4, -0.2) is 11.7 Å².